The van der Waals surface area contributed by atoms with Gasteiger partial charge < -0.3 is 10.2 Å². The van der Waals surface area contributed by atoms with Gasteiger partial charge in [0.2, 0.25) is 0 Å². The van der Waals surface area contributed by atoms with Crippen molar-refractivity contribution in [1.29, 1.82) is 0 Å². The maximum atomic E-state index is 12.5. The van der Waals surface area contributed by atoms with Crippen LogP contribution in [0.1, 0.15) is 29.3 Å². The van der Waals surface area contributed by atoms with Crippen molar-refractivity contribution in [3.05, 3.63) is 52.2 Å². The van der Waals surface area contributed by atoms with E-state index in [9.17, 15) is 4.79 Å². The molecule has 0 radical (unpaired) electrons. The molecule has 2 amide bonds. The van der Waals surface area contributed by atoms with Crippen molar-refractivity contribution in [1.82, 2.24) is 4.90 Å². The lowest BCUT2D eigenvalue weighted by Crippen LogP contribution is -2.34. The van der Waals surface area contributed by atoms with Crippen molar-refractivity contribution in [3.63, 3.8) is 0 Å². The molecule has 1 aromatic carbocycles. The molecule has 0 bridgehead atoms. The third kappa shape index (κ3) is 2.56. The molecule has 1 saturated heterocycles. The van der Waals surface area contributed by atoms with Gasteiger partial charge in [-0.25, -0.2) is 4.79 Å². The highest BCUT2D eigenvalue weighted by Crippen LogP contribution is 2.34. The average molecular weight is 286 g/mol. The summed E-state index contributed by atoms with van der Waals surface area (Å²) in [6, 6.07) is 12.3. The van der Waals surface area contributed by atoms with Gasteiger partial charge in [-0.05, 0) is 42.8 Å². The number of nitrogens with zero attached hydrogens (tertiary/aromatic N) is 1. The highest BCUT2D eigenvalue weighted by molar-refractivity contribution is 7.10. The second-order valence-electron chi connectivity index (χ2n) is 5.11. The monoisotopic (exact) mass is 286 g/mol. The average Bonchev–Trinajstić information content (AvgIpc) is 3.11. The van der Waals surface area contributed by atoms with Crippen LogP contribution in [0.5, 0.6) is 0 Å². The Balaban J connectivity index is 1.75. The molecule has 1 aliphatic heterocycles. The molecule has 4 heteroatoms. The summed E-state index contributed by atoms with van der Waals surface area (Å²) < 4.78 is 0. The van der Waals surface area contributed by atoms with E-state index in [-0.39, 0.29) is 12.1 Å². The van der Waals surface area contributed by atoms with Crippen LogP contribution in [0, 0.1) is 6.92 Å². The number of carbonyl (C=O) groups is 1. The van der Waals surface area contributed by atoms with Gasteiger partial charge in [-0.2, -0.15) is 0 Å². The van der Waals surface area contributed by atoms with Gasteiger partial charge >= 0.3 is 6.03 Å². The highest BCUT2D eigenvalue weighted by atomic mass is 32.1. The molecule has 0 spiro atoms. The summed E-state index contributed by atoms with van der Waals surface area (Å²) in [5, 5.41) is 5.11. The summed E-state index contributed by atoms with van der Waals surface area (Å²) in [4.78, 5) is 15.7. The summed E-state index contributed by atoms with van der Waals surface area (Å²) in [5.41, 5.74) is 1.99. The molecule has 104 valence electrons. The first kappa shape index (κ1) is 13.2. The van der Waals surface area contributed by atoms with E-state index in [4.69, 9.17) is 0 Å². The lowest BCUT2D eigenvalue weighted by Gasteiger charge is -2.24. The van der Waals surface area contributed by atoms with Crippen molar-refractivity contribution < 1.29 is 4.79 Å². The van der Waals surface area contributed by atoms with Crippen molar-refractivity contribution in [2.45, 2.75) is 25.8 Å². The molecule has 0 unspecified atom stereocenters. The zero-order valence-corrected chi connectivity index (χ0v) is 12.3. The summed E-state index contributed by atoms with van der Waals surface area (Å²) >= 11 is 1.73. The zero-order valence-electron chi connectivity index (χ0n) is 11.5. The van der Waals surface area contributed by atoms with Crippen LogP contribution in [-0.4, -0.2) is 17.5 Å². The van der Waals surface area contributed by atoms with Crippen molar-refractivity contribution in [3.8, 4) is 0 Å². The number of carbonyl (C=O) groups excluding carboxylic acids is 1. The molecular formula is C16H18N2OS. The first-order chi connectivity index (χ1) is 9.75. The molecule has 1 aromatic heterocycles. The van der Waals surface area contributed by atoms with Crippen LogP contribution in [0.3, 0.4) is 0 Å². The van der Waals surface area contributed by atoms with Gasteiger partial charge in [0.1, 0.15) is 0 Å². The third-order valence-electron chi connectivity index (χ3n) is 3.77. The van der Waals surface area contributed by atoms with Gasteiger partial charge in [0.15, 0.2) is 0 Å². The normalized spacial score (nSPS) is 18.2. The number of rotatable bonds is 2. The molecule has 3 rings (SSSR count). The third-order valence-corrected chi connectivity index (χ3v) is 4.75. The fourth-order valence-corrected chi connectivity index (χ4v) is 3.56. The highest BCUT2D eigenvalue weighted by Gasteiger charge is 2.30. The quantitative estimate of drug-likeness (QED) is 0.870. The van der Waals surface area contributed by atoms with E-state index in [0.29, 0.717) is 0 Å². The molecule has 0 saturated carbocycles. The van der Waals surface area contributed by atoms with Gasteiger partial charge in [0, 0.05) is 17.1 Å². The minimum atomic E-state index is 0.00944. The Morgan fingerprint density at radius 1 is 1.30 bits per heavy atom. The number of likely N-dealkylation sites (tertiary alicyclic amines) is 1. The number of hydrogen-bond acceptors (Lipinski definition) is 2. The fraction of sp³-hybridized carbons (Fsp3) is 0.312. The number of hydrogen-bond donors (Lipinski definition) is 1. The molecule has 0 aliphatic carbocycles. The van der Waals surface area contributed by atoms with Crippen molar-refractivity contribution in [2.75, 3.05) is 11.9 Å². The van der Waals surface area contributed by atoms with Crippen LogP contribution in [0.15, 0.2) is 41.8 Å². The van der Waals surface area contributed by atoms with Crippen LogP contribution < -0.4 is 5.32 Å². The number of anilines is 1. The van der Waals surface area contributed by atoms with E-state index >= 15 is 0 Å². The van der Waals surface area contributed by atoms with Gasteiger partial charge in [0.25, 0.3) is 0 Å². The second-order valence-corrected chi connectivity index (χ2v) is 6.09. The molecule has 1 fully saturated rings. The van der Waals surface area contributed by atoms with E-state index in [0.717, 1.165) is 30.6 Å². The standard InChI is InChI=1S/C16H18N2OS/c1-12-6-2-3-7-13(12)17-16(19)18-10-4-8-14(18)15-9-5-11-20-15/h2-3,5-7,9,11,14H,4,8,10H2,1H3,(H,17,19)/t14-/m0/s1. The predicted molar refractivity (Wildman–Crippen MR) is 83.2 cm³/mol. The lowest BCUT2D eigenvalue weighted by atomic mass is 10.2. The summed E-state index contributed by atoms with van der Waals surface area (Å²) in [6.07, 6.45) is 2.13. The molecule has 2 aromatic rings. The smallest absolute Gasteiger partial charge is 0.317 e. The zero-order chi connectivity index (χ0) is 13.9. The molecule has 20 heavy (non-hydrogen) atoms. The number of para-hydroxylation sites is 1. The number of amides is 2. The topological polar surface area (TPSA) is 32.3 Å². The summed E-state index contributed by atoms with van der Waals surface area (Å²) in [7, 11) is 0. The SMILES string of the molecule is Cc1ccccc1NC(=O)N1CCC[C@H]1c1cccs1. The number of benzene rings is 1. The van der Waals surface area contributed by atoms with Crippen LogP contribution in [0.25, 0.3) is 0 Å². The maximum absolute atomic E-state index is 12.5. The first-order valence-corrected chi connectivity index (χ1v) is 7.80. The summed E-state index contributed by atoms with van der Waals surface area (Å²) in [5.74, 6) is 0. The van der Waals surface area contributed by atoms with Crippen LogP contribution in [-0.2, 0) is 0 Å². The number of urea groups is 1. The molecule has 2 heterocycles. The van der Waals surface area contributed by atoms with Gasteiger partial charge in [0.05, 0.1) is 6.04 Å². The van der Waals surface area contributed by atoms with E-state index < -0.39 is 0 Å². The van der Waals surface area contributed by atoms with E-state index in [1.807, 2.05) is 36.1 Å². The number of nitrogens with one attached hydrogen (secondary N) is 1. The molecule has 3 nitrogen and oxygen atoms in total. The maximum Gasteiger partial charge on any atom is 0.322 e. The second kappa shape index (κ2) is 5.67. The van der Waals surface area contributed by atoms with E-state index in [1.54, 1.807) is 11.3 Å². The van der Waals surface area contributed by atoms with Crippen LogP contribution in [0.4, 0.5) is 10.5 Å². The van der Waals surface area contributed by atoms with Gasteiger partial charge in [-0.3, -0.25) is 0 Å². The molecule has 1 aliphatic rings. The molecule has 1 atom stereocenters. The van der Waals surface area contributed by atoms with Crippen LogP contribution >= 0.6 is 11.3 Å². The van der Waals surface area contributed by atoms with Crippen LogP contribution in [0.2, 0.25) is 0 Å². The van der Waals surface area contributed by atoms with Crippen molar-refractivity contribution >= 4 is 23.1 Å². The Kier molecular flexibility index (Phi) is 3.74. The minimum absolute atomic E-state index is 0.00944. The summed E-state index contributed by atoms with van der Waals surface area (Å²) in [6.45, 7) is 2.84. The minimum Gasteiger partial charge on any atom is -0.317 e. The largest absolute Gasteiger partial charge is 0.322 e. The molecular weight excluding hydrogens is 268 g/mol. The lowest BCUT2D eigenvalue weighted by molar-refractivity contribution is 0.208. The number of thiophene rings is 1. The Labute approximate surface area is 123 Å². The Hall–Kier alpha value is -1.81. The van der Waals surface area contributed by atoms with Gasteiger partial charge in [-0.15, -0.1) is 11.3 Å². The fourth-order valence-electron chi connectivity index (χ4n) is 2.69. The molecule has 1 N–H and O–H groups in total. The van der Waals surface area contributed by atoms with E-state index in [2.05, 4.69) is 22.8 Å². The Morgan fingerprint density at radius 3 is 2.90 bits per heavy atom. The number of aryl methyl sites for hydroxylation is 1. The van der Waals surface area contributed by atoms with Gasteiger partial charge in [-0.1, -0.05) is 24.3 Å². The predicted octanol–water partition coefficient (Wildman–Crippen LogP) is 4.43. The van der Waals surface area contributed by atoms with Crippen molar-refractivity contribution in [2.24, 2.45) is 0 Å². The Morgan fingerprint density at radius 2 is 2.15 bits per heavy atom. The first-order valence-electron chi connectivity index (χ1n) is 6.92. The van der Waals surface area contributed by atoms with E-state index in [1.165, 1.54) is 4.88 Å². The Bertz CT molecular complexity index is 594.